The molecule has 1 N–H and O–H groups in total. The topological polar surface area (TPSA) is 45.8 Å². The van der Waals surface area contributed by atoms with Gasteiger partial charge in [-0.3, -0.25) is 9.78 Å². The Morgan fingerprint density at radius 1 is 1.44 bits per heavy atom. The van der Waals surface area contributed by atoms with E-state index in [-0.39, 0.29) is 5.78 Å². The minimum Gasteiger partial charge on any atom is -0.360 e. The third-order valence-electron chi connectivity index (χ3n) is 2.53. The van der Waals surface area contributed by atoms with Crippen LogP contribution < -0.4 is 0 Å². The number of aromatic amines is 1. The first kappa shape index (κ1) is 11.1. The van der Waals surface area contributed by atoms with Gasteiger partial charge in [-0.05, 0) is 24.6 Å². The van der Waals surface area contributed by atoms with Crippen LogP contribution in [0.3, 0.4) is 0 Å². The smallest absolute Gasteiger partial charge is 0.175 e. The van der Waals surface area contributed by atoms with Gasteiger partial charge in [0, 0.05) is 35.4 Å². The summed E-state index contributed by atoms with van der Waals surface area (Å²) in [6.07, 6.45) is 5.23. The molecule has 0 fully saturated rings. The van der Waals surface area contributed by atoms with Gasteiger partial charge in [0.1, 0.15) is 0 Å². The number of rotatable bonds is 3. The molecule has 0 saturated carbocycles. The molecule has 2 rings (SSSR count). The molecule has 0 aromatic carbocycles. The monoisotopic (exact) mass is 278 g/mol. The maximum Gasteiger partial charge on any atom is 0.175 e. The first-order valence-corrected chi connectivity index (χ1v) is 6.03. The number of nitrogens with zero attached hydrogens (tertiary/aromatic N) is 1. The zero-order valence-corrected chi connectivity index (χ0v) is 10.4. The van der Waals surface area contributed by atoms with Crippen molar-refractivity contribution in [1.82, 2.24) is 9.97 Å². The Bertz CT molecular complexity index is 505. The first-order chi connectivity index (χ1) is 7.74. The van der Waals surface area contributed by atoms with E-state index in [1.807, 2.05) is 19.1 Å². The Morgan fingerprint density at radius 3 is 2.75 bits per heavy atom. The van der Waals surface area contributed by atoms with Gasteiger partial charge in [0.15, 0.2) is 5.78 Å². The second-order valence-corrected chi connectivity index (χ2v) is 4.06. The second kappa shape index (κ2) is 4.61. The molecule has 0 aliphatic rings. The molecule has 0 bridgehead atoms. The van der Waals surface area contributed by atoms with Gasteiger partial charge >= 0.3 is 0 Å². The van der Waals surface area contributed by atoms with Gasteiger partial charge in [-0.25, -0.2) is 0 Å². The minimum atomic E-state index is 0.0917. The lowest BCUT2D eigenvalue weighted by Gasteiger charge is -2.00. The molecule has 16 heavy (non-hydrogen) atoms. The average molecular weight is 279 g/mol. The van der Waals surface area contributed by atoms with Crippen LogP contribution in [0.2, 0.25) is 0 Å². The predicted octanol–water partition coefficient (Wildman–Crippen LogP) is 2.96. The molecular weight excluding hydrogens is 268 g/mol. The SMILES string of the molecule is Cc1c(C(=O)CBr)c[nH]c1-c1ccncc1. The van der Waals surface area contributed by atoms with Crippen molar-refractivity contribution < 1.29 is 4.79 Å². The molecule has 2 aromatic rings. The van der Waals surface area contributed by atoms with Gasteiger partial charge in [-0.1, -0.05) is 15.9 Å². The number of alkyl halides is 1. The van der Waals surface area contributed by atoms with Crippen LogP contribution in [0, 0.1) is 6.92 Å². The lowest BCUT2D eigenvalue weighted by molar-refractivity contribution is 0.102. The Kier molecular flexibility index (Phi) is 3.19. The summed E-state index contributed by atoms with van der Waals surface area (Å²) >= 11 is 3.18. The largest absolute Gasteiger partial charge is 0.360 e. The van der Waals surface area contributed by atoms with Crippen LogP contribution in [-0.2, 0) is 0 Å². The number of H-pyrrole nitrogens is 1. The summed E-state index contributed by atoms with van der Waals surface area (Å²) in [7, 11) is 0. The van der Waals surface area contributed by atoms with E-state index in [0.29, 0.717) is 5.33 Å². The van der Waals surface area contributed by atoms with E-state index in [1.165, 1.54) is 0 Å². The number of Topliss-reactive ketones (excluding diaryl/α,β-unsaturated/α-hetero) is 1. The zero-order valence-electron chi connectivity index (χ0n) is 8.83. The van der Waals surface area contributed by atoms with Crippen LogP contribution in [0.4, 0.5) is 0 Å². The fourth-order valence-electron chi connectivity index (χ4n) is 1.68. The molecule has 0 unspecified atom stereocenters. The Labute approximate surface area is 102 Å². The lowest BCUT2D eigenvalue weighted by Crippen LogP contribution is -1.99. The van der Waals surface area contributed by atoms with Gasteiger partial charge in [0.25, 0.3) is 0 Å². The van der Waals surface area contributed by atoms with Gasteiger partial charge in [-0.15, -0.1) is 0 Å². The maximum absolute atomic E-state index is 11.6. The number of halogens is 1. The highest BCUT2D eigenvalue weighted by Gasteiger charge is 2.13. The summed E-state index contributed by atoms with van der Waals surface area (Å²) in [4.78, 5) is 18.7. The standard InChI is InChI=1S/C12H11BrN2O/c1-8-10(11(16)6-13)7-15-12(8)9-2-4-14-5-3-9/h2-5,7,15H,6H2,1H3. The molecule has 0 radical (unpaired) electrons. The van der Waals surface area contributed by atoms with Crippen LogP contribution in [0.25, 0.3) is 11.3 Å². The minimum absolute atomic E-state index is 0.0917. The molecule has 82 valence electrons. The molecule has 0 spiro atoms. The summed E-state index contributed by atoms with van der Waals surface area (Å²) in [5.74, 6) is 0.0917. The maximum atomic E-state index is 11.6. The summed E-state index contributed by atoms with van der Waals surface area (Å²) < 4.78 is 0. The molecule has 3 nitrogen and oxygen atoms in total. The number of hydrogen-bond acceptors (Lipinski definition) is 2. The number of carbonyl (C=O) groups excluding carboxylic acids is 1. The quantitative estimate of drug-likeness (QED) is 0.693. The van der Waals surface area contributed by atoms with E-state index >= 15 is 0 Å². The van der Waals surface area contributed by atoms with Crippen LogP contribution in [0.15, 0.2) is 30.7 Å². The van der Waals surface area contributed by atoms with Crippen LogP contribution in [0.5, 0.6) is 0 Å². The van der Waals surface area contributed by atoms with E-state index in [2.05, 4.69) is 25.9 Å². The summed E-state index contributed by atoms with van der Waals surface area (Å²) in [6.45, 7) is 1.95. The lowest BCUT2D eigenvalue weighted by atomic mass is 10.1. The molecule has 2 aromatic heterocycles. The van der Waals surface area contributed by atoms with Crippen molar-refractivity contribution in [2.75, 3.05) is 5.33 Å². The Balaban J connectivity index is 2.45. The van der Waals surface area contributed by atoms with Crippen molar-refractivity contribution in [2.45, 2.75) is 6.92 Å². The average Bonchev–Trinajstić information content (AvgIpc) is 2.71. The van der Waals surface area contributed by atoms with Crippen molar-refractivity contribution in [3.05, 3.63) is 41.9 Å². The number of nitrogens with one attached hydrogen (secondary N) is 1. The molecule has 0 amide bonds. The van der Waals surface area contributed by atoms with Crippen molar-refractivity contribution in [3.8, 4) is 11.3 Å². The number of carbonyl (C=O) groups is 1. The van der Waals surface area contributed by atoms with Crippen LogP contribution >= 0.6 is 15.9 Å². The van der Waals surface area contributed by atoms with Gasteiger partial charge < -0.3 is 4.98 Å². The number of pyridine rings is 1. The van der Waals surface area contributed by atoms with E-state index < -0.39 is 0 Å². The number of ketones is 1. The van der Waals surface area contributed by atoms with Gasteiger partial charge in [0.05, 0.1) is 5.33 Å². The number of aromatic nitrogens is 2. The van der Waals surface area contributed by atoms with E-state index in [1.54, 1.807) is 18.6 Å². The highest BCUT2D eigenvalue weighted by Crippen LogP contribution is 2.24. The molecule has 0 saturated heterocycles. The van der Waals surface area contributed by atoms with Crippen molar-refractivity contribution in [1.29, 1.82) is 0 Å². The molecule has 2 heterocycles. The van der Waals surface area contributed by atoms with Crippen molar-refractivity contribution in [2.24, 2.45) is 0 Å². The van der Waals surface area contributed by atoms with E-state index in [9.17, 15) is 4.79 Å². The second-order valence-electron chi connectivity index (χ2n) is 3.50. The zero-order chi connectivity index (χ0) is 11.5. The van der Waals surface area contributed by atoms with E-state index in [4.69, 9.17) is 0 Å². The van der Waals surface area contributed by atoms with Crippen LogP contribution in [-0.4, -0.2) is 21.1 Å². The third-order valence-corrected chi connectivity index (χ3v) is 3.04. The molecule has 0 aliphatic carbocycles. The van der Waals surface area contributed by atoms with Crippen molar-refractivity contribution in [3.63, 3.8) is 0 Å². The fraction of sp³-hybridized carbons (Fsp3) is 0.167. The number of hydrogen-bond donors (Lipinski definition) is 1. The van der Waals surface area contributed by atoms with Crippen molar-refractivity contribution >= 4 is 21.7 Å². The van der Waals surface area contributed by atoms with E-state index in [0.717, 1.165) is 22.4 Å². The summed E-state index contributed by atoms with van der Waals surface area (Å²) in [6, 6.07) is 3.84. The fourth-order valence-corrected chi connectivity index (χ4v) is 1.98. The predicted molar refractivity (Wildman–Crippen MR) is 66.9 cm³/mol. The first-order valence-electron chi connectivity index (χ1n) is 4.91. The molecular formula is C12H11BrN2O. The Hall–Kier alpha value is -1.42. The molecule has 0 aliphatic heterocycles. The third kappa shape index (κ3) is 1.93. The highest BCUT2D eigenvalue weighted by molar-refractivity contribution is 9.09. The van der Waals surface area contributed by atoms with Gasteiger partial charge in [0.2, 0.25) is 0 Å². The highest BCUT2D eigenvalue weighted by atomic mass is 79.9. The molecule has 0 atom stereocenters. The normalized spacial score (nSPS) is 10.4. The Morgan fingerprint density at radius 2 is 2.12 bits per heavy atom. The summed E-state index contributed by atoms with van der Waals surface area (Å²) in [5.41, 5.74) is 3.74. The molecule has 4 heteroatoms. The van der Waals surface area contributed by atoms with Gasteiger partial charge in [-0.2, -0.15) is 0 Å². The van der Waals surface area contributed by atoms with Crippen LogP contribution in [0.1, 0.15) is 15.9 Å². The summed E-state index contributed by atoms with van der Waals surface area (Å²) in [5, 5.41) is 0.349.